The molecule has 24 heavy (non-hydrogen) atoms. The van der Waals surface area contributed by atoms with Crippen molar-refractivity contribution in [3.63, 3.8) is 0 Å². The first-order valence-corrected chi connectivity index (χ1v) is 8.26. The fraction of sp³-hybridized carbons (Fsp3) is 0.267. The predicted octanol–water partition coefficient (Wildman–Crippen LogP) is 1.49. The lowest BCUT2D eigenvalue weighted by Crippen LogP contribution is -2.31. The van der Waals surface area contributed by atoms with Crippen LogP contribution in [0.5, 0.6) is 0 Å². The molecule has 0 spiro atoms. The van der Waals surface area contributed by atoms with Crippen LogP contribution in [0.25, 0.3) is 0 Å². The van der Waals surface area contributed by atoms with Crippen LogP contribution in [0.1, 0.15) is 5.56 Å². The van der Waals surface area contributed by atoms with Gasteiger partial charge in [0.25, 0.3) is 5.91 Å². The molecule has 0 saturated carbocycles. The summed E-state index contributed by atoms with van der Waals surface area (Å²) in [5.74, 6) is -1.04. The van der Waals surface area contributed by atoms with E-state index in [1.807, 2.05) is 28.7 Å². The molecule has 7 nitrogen and oxygen atoms in total. The summed E-state index contributed by atoms with van der Waals surface area (Å²) in [6, 6.07) is 5.07. The third-order valence-corrected chi connectivity index (χ3v) is 4.60. The molecule has 0 bridgehead atoms. The third-order valence-electron chi connectivity index (χ3n) is 3.39. The van der Waals surface area contributed by atoms with Gasteiger partial charge in [-0.05, 0) is 34.7 Å². The lowest BCUT2D eigenvalue weighted by atomic mass is 10.2. The molecular formula is C15H13ClIN3O4. The number of aliphatic hydroxyl groups excluding tert-OH is 1. The Morgan fingerprint density at radius 2 is 2.29 bits per heavy atom. The second kappa shape index (κ2) is 7.83. The third kappa shape index (κ3) is 3.63. The topological polar surface area (TPSA) is 103 Å². The molecule has 2 N–H and O–H groups in total. The van der Waals surface area contributed by atoms with Gasteiger partial charge in [-0.3, -0.25) is 4.79 Å². The van der Waals surface area contributed by atoms with Crippen LogP contribution in [0, 0.1) is 14.9 Å². The number of anilines is 1. The van der Waals surface area contributed by atoms with Gasteiger partial charge in [0.05, 0.1) is 42.1 Å². The Kier molecular flexibility index (Phi) is 6.04. The van der Waals surface area contributed by atoms with Crippen molar-refractivity contribution in [3.05, 3.63) is 37.6 Å². The standard InChI is InChI=1S/C15H13ClIN3O4/c1-24-15(23)9-7-20(2-3-21)14(22)13(9)19-12-5-10(16)8(6-18)4-11(12)17/h4-5,19,21H,2-3,7H2,1H3. The molecule has 0 fully saturated rings. The molecule has 126 valence electrons. The first-order valence-electron chi connectivity index (χ1n) is 6.80. The SMILES string of the molecule is COC(=O)C1=C(Nc2cc(Cl)c(C#N)cc2I)C(=O)N(CCO)C1. The number of amides is 1. The number of carbonyl (C=O) groups excluding carboxylic acids is 2. The monoisotopic (exact) mass is 461 g/mol. The number of nitriles is 1. The highest BCUT2D eigenvalue weighted by Crippen LogP contribution is 2.30. The van der Waals surface area contributed by atoms with E-state index in [0.29, 0.717) is 14.8 Å². The molecule has 1 aromatic rings. The zero-order valence-corrected chi connectivity index (χ0v) is 15.5. The van der Waals surface area contributed by atoms with E-state index in [9.17, 15) is 9.59 Å². The van der Waals surface area contributed by atoms with E-state index in [2.05, 4.69) is 5.32 Å². The van der Waals surface area contributed by atoms with Crippen LogP contribution in [0.15, 0.2) is 23.4 Å². The molecule has 0 unspecified atom stereocenters. The van der Waals surface area contributed by atoms with Gasteiger partial charge in [0.15, 0.2) is 0 Å². The molecule has 0 saturated heterocycles. The number of β-amino-alcohol motifs (C(OH)–C–C–N with tert-alkyl or cyclic N) is 1. The van der Waals surface area contributed by atoms with E-state index >= 15 is 0 Å². The van der Waals surface area contributed by atoms with Crippen molar-refractivity contribution in [2.75, 3.05) is 32.1 Å². The second-order valence-electron chi connectivity index (χ2n) is 4.84. The van der Waals surface area contributed by atoms with E-state index in [0.717, 1.165) is 0 Å². The van der Waals surface area contributed by atoms with E-state index < -0.39 is 11.9 Å². The summed E-state index contributed by atoms with van der Waals surface area (Å²) in [5.41, 5.74) is 1.06. The van der Waals surface area contributed by atoms with E-state index in [-0.39, 0.29) is 36.0 Å². The minimum Gasteiger partial charge on any atom is -0.466 e. The molecule has 1 amide bonds. The summed E-state index contributed by atoms with van der Waals surface area (Å²) in [4.78, 5) is 25.7. The van der Waals surface area contributed by atoms with E-state index in [1.54, 1.807) is 6.07 Å². The van der Waals surface area contributed by atoms with E-state index in [1.165, 1.54) is 18.1 Å². The van der Waals surface area contributed by atoms with Crippen molar-refractivity contribution in [2.45, 2.75) is 0 Å². The number of rotatable bonds is 5. The summed E-state index contributed by atoms with van der Waals surface area (Å²) in [7, 11) is 1.23. The fourth-order valence-corrected chi connectivity index (χ4v) is 3.02. The van der Waals surface area contributed by atoms with Gasteiger partial charge in [-0.25, -0.2) is 4.79 Å². The fourth-order valence-electron chi connectivity index (χ4n) is 2.21. The highest BCUT2D eigenvalue weighted by atomic mass is 127. The number of hydrogen-bond donors (Lipinski definition) is 2. The zero-order valence-electron chi connectivity index (χ0n) is 12.6. The largest absolute Gasteiger partial charge is 0.466 e. The molecule has 0 radical (unpaired) electrons. The van der Waals surface area contributed by atoms with Crippen LogP contribution in [0.4, 0.5) is 5.69 Å². The number of ether oxygens (including phenoxy) is 1. The lowest BCUT2D eigenvalue weighted by Gasteiger charge is -2.15. The Morgan fingerprint density at radius 1 is 1.58 bits per heavy atom. The highest BCUT2D eigenvalue weighted by Gasteiger charge is 2.34. The molecule has 1 heterocycles. The van der Waals surface area contributed by atoms with Gasteiger partial charge in [0.2, 0.25) is 0 Å². The molecule has 0 aliphatic carbocycles. The highest BCUT2D eigenvalue weighted by molar-refractivity contribution is 14.1. The average molecular weight is 462 g/mol. The minimum atomic E-state index is -0.624. The van der Waals surface area contributed by atoms with Crippen molar-refractivity contribution in [3.8, 4) is 6.07 Å². The van der Waals surface area contributed by atoms with Crippen molar-refractivity contribution < 1.29 is 19.4 Å². The molecule has 2 rings (SSSR count). The molecule has 0 aromatic heterocycles. The zero-order chi connectivity index (χ0) is 17.9. The minimum absolute atomic E-state index is 0.0506. The Labute approximate surface area is 157 Å². The summed E-state index contributed by atoms with van der Waals surface area (Å²) >= 11 is 8.03. The normalized spacial score (nSPS) is 14.0. The van der Waals surface area contributed by atoms with Crippen LogP contribution in [-0.2, 0) is 14.3 Å². The number of aliphatic hydroxyl groups is 1. The summed E-state index contributed by atoms with van der Waals surface area (Å²) in [6.07, 6.45) is 0. The summed E-state index contributed by atoms with van der Waals surface area (Å²) in [6.45, 7) is -0.0571. The van der Waals surface area contributed by atoms with Gasteiger partial charge in [-0.15, -0.1) is 0 Å². The molecule has 1 aromatic carbocycles. The Bertz CT molecular complexity index is 773. The Balaban J connectivity index is 2.41. The number of benzene rings is 1. The van der Waals surface area contributed by atoms with Crippen LogP contribution >= 0.6 is 34.2 Å². The smallest absolute Gasteiger partial charge is 0.337 e. The van der Waals surface area contributed by atoms with Crippen molar-refractivity contribution >= 4 is 51.8 Å². The molecule has 0 atom stereocenters. The Morgan fingerprint density at radius 3 is 2.88 bits per heavy atom. The summed E-state index contributed by atoms with van der Waals surface area (Å²) < 4.78 is 5.38. The van der Waals surface area contributed by atoms with Gasteiger partial charge in [0, 0.05) is 10.1 Å². The van der Waals surface area contributed by atoms with Gasteiger partial charge in [-0.1, -0.05) is 11.6 Å². The summed E-state index contributed by atoms with van der Waals surface area (Å²) in [5, 5.41) is 21.2. The Hall–Kier alpha value is -1.83. The lowest BCUT2D eigenvalue weighted by molar-refractivity contribution is -0.136. The number of carbonyl (C=O) groups is 2. The van der Waals surface area contributed by atoms with Crippen LogP contribution in [0.2, 0.25) is 5.02 Å². The van der Waals surface area contributed by atoms with Crippen molar-refractivity contribution in [1.29, 1.82) is 5.26 Å². The van der Waals surface area contributed by atoms with Gasteiger partial charge in [-0.2, -0.15) is 5.26 Å². The van der Waals surface area contributed by atoms with Crippen molar-refractivity contribution in [2.24, 2.45) is 0 Å². The predicted molar refractivity (Wildman–Crippen MR) is 95.2 cm³/mol. The first-order chi connectivity index (χ1) is 11.4. The maximum atomic E-state index is 12.4. The number of esters is 1. The number of nitrogens with one attached hydrogen (secondary N) is 1. The number of hydrogen-bond acceptors (Lipinski definition) is 6. The van der Waals surface area contributed by atoms with Crippen LogP contribution < -0.4 is 5.32 Å². The second-order valence-corrected chi connectivity index (χ2v) is 6.41. The molecular weight excluding hydrogens is 449 g/mol. The number of nitrogens with zero attached hydrogens (tertiary/aromatic N) is 2. The van der Waals surface area contributed by atoms with E-state index in [4.69, 9.17) is 26.7 Å². The van der Waals surface area contributed by atoms with Crippen molar-refractivity contribution in [1.82, 2.24) is 4.90 Å². The number of methoxy groups -OCH3 is 1. The van der Waals surface area contributed by atoms with Gasteiger partial charge in [0.1, 0.15) is 11.8 Å². The quantitative estimate of drug-likeness (QED) is 0.509. The molecule has 1 aliphatic heterocycles. The van der Waals surface area contributed by atoms with Crippen LogP contribution in [-0.4, -0.2) is 48.7 Å². The molecule has 9 heteroatoms. The average Bonchev–Trinajstić information content (AvgIpc) is 2.87. The number of halogens is 2. The van der Waals surface area contributed by atoms with Gasteiger partial charge >= 0.3 is 5.97 Å². The first kappa shape index (κ1) is 18.5. The van der Waals surface area contributed by atoms with Crippen LogP contribution in [0.3, 0.4) is 0 Å². The maximum absolute atomic E-state index is 12.4. The van der Waals surface area contributed by atoms with Gasteiger partial charge < -0.3 is 20.1 Å². The maximum Gasteiger partial charge on any atom is 0.337 e. The molecule has 1 aliphatic rings.